The van der Waals surface area contributed by atoms with Crippen molar-refractivity contribution >= 4 is 39.0 Å². The lowest BCUT2D eigenvalue weighted by Gasteiger charge is -2.45. The summed E-state index contributed by atoms with van der Waals surface area (Å²) in [6.07, 6.45) is 0. The minimum Gasteiger partial charge on any atom is -0.456 e. The predicted octanol–water partition coefficient (Wildman–Crippen LogP) is 10.8. The topological polar surface area (TPSA) is 33.5 Å². The second kappa shape index (κ2) is 9.65. The smallest absolute Gasteiger partial charge is 0.200 e. The van der Waals surface area contributed by atoms with Crippen LogP contribution in [0.1, 0.15) is 22.3 Å². The van der Waals surface area contributed by atoms with Gasteiger partial charge in [0.15, 0.2) is 0 Å². The Hall–Kier alpha value is -6.19. The Morgan fingerprint density at radius 1 is 0.447 bits per heavy atom. The Labute approximate surface area is 271 Å². The van der Waals surface area contributed by atoms with Crippen molar-refractivity contribution in [2.75, 3.05) is 4.90 Å². The van der Waals surface area contributed by atoms with Crippen LogP contribution < -0.4 is 10.3 Å². The van der Waals surface area contributed by atoms with Gasteiger partial charge in [-0.25, -0.2) is 0 Å². The van der Waals surface area contributed by atoms with Crippen molar-refractivity contribution in [1.29, 1.82) is 0 Å². The van der Waals surface area contributed by atoms with Crippen molar-refractivity contribution in [1.82, 2.24) is 0 Å². The average molecular weight is 602 g/mol. The van der Waals surface area contributed by atoms with E-state index >= 15 is 0 Å². The van der Waals surface area contributed by atoms with Crippen molar-refractivity contribution < 1.29 is 4.42 Å². The molecule has 2 aliphatic rings. The van der Waals surface area contributed by atoms with E-state index < -0.39 is 5.41 Å². The lowest BCUT2D eigenvalue weighted by atomic mass is 9.64. The maximum Gasteiger partial charge on any atom is 0.200 e. The monoisotopic (exact) mass is 601 g/mol. The minimum atomic E-state index is -0.421. The number of nitrogens with zero attached hydrogens (tertiary/aromatic N) is 1. The standard InChI is InChI=1S/C44H27NO2/c46-43-33-13-3-10-20-41(33)47-42-27-29(23-26-34(42)43)28-21-24-30(25-22-28)45-39-18-8-6-16-37(39)44(38-17-7-9-19-40(38)45)35-14-4-1-11-31(35)32-12-2-5-15-36(32)44/h1-27H. The van der Waals surface area contributed by atoms with E-state index in [1.54, 1.807) is 0 Å². The molecule has 1 aliphatic heterocycles. The molecule has 1 aliphatic carbocycles. The molecule has 0 amide bonds. The summed E-state index contributed by atoms with van der Waals surface area (Å²) in [4.78, 5) is 15.5. The summed E-state index contributed by atoms with van der Waals surface area (Å²) in [6.45, 7) is 0. The molecular weight excluding hydrogens is 574 g/mol. The highest BCUT2D eigenvalue weighted by Crippen LogP contribution is 2.63. The number of fused-ring (bicyclic) bond motifs is 11. The molecule has 8 aromatic rings. The van der Waals surface area contributed by atoms with Gasteiger partial charge in [-0.3, -0.25) is 4.79 Å². The Kier molecular flexibility index (Phi) is 5.35. The van der Waals surface area contributed by atoms with E-state index in [9.17, 15) is 4.79 Å². The summed E-state index contributed by atoms with van der Waals surface area (Å²) in [5.74, 6) is 0. The van der Waals surface area contributed by atoms with Crippen LogP contribution in [-0.2, 0) is 5.41 Å². The van der Waals surface area contributed by atoms with Gasteiger partial charge in [0.25, 0.3) is 0 Å². The summed E-state index contributed by atoms with van der Waals surface area (Å²) in [6, 6.07) is 57.5. The molecule has 0 N–H and O–H groups in total. The van der Waals surface area contributed by atoms with Gasteiger partial charge in [-0.15, -0.1) is 0 Å². The minimum absolute atomic E-state index is 0.00328. The highest BCUT2D eigenvalue weighted by molar-refractivity contribution is 5.96. The zero-order valence-corrected chi connectivity index (χ0v) is 25.4. The van der Waals surface area contributed by atoms with Crippen LogP contribution in [0.5, 0.6) is 0 Å². The summed E-state index contributed by atoms with van der Waals surface area (Å²) in [7, 11) is 0. The molecule has 0 bridgehead atoms. The molecule has 0 fully saturated rings. The summed E-state index contributed by atoms with van der Waals surface area (Å²) in [5, 5.41) is 1.19. The van der Waals surface area contributed by atoms with Gasteiger partial charge >= 0.3 is 0 Å². The van der Waals surface area contributed by atoms with Crippen molar-refractivity contribution in [3.63, 3.8) is 0 Å². The highest BCUT2D eigenvalue weighted by atomic mass is 16.3. The molecule has 2 heterocycles. The number of hydrogen-bond donors (Lipinski definition) is 0. The molecule has 0 saturated heterocycles. The molecule has 0 unspecified atom stereocenters. The van der Waals surface area contributed by atoms with E-state index in [2.05, 4.69) is 126 Å². The first-order valence-corrected chi connectivity index (χ1v) is 16.0. The molecule has 3 nitrogen and oxygen atoms in total. The second-order valence-corrected chi connectivity index (χ2v) is 12.4. The normalized spacial score (nSPS) is 13.7. The van der Waals surface area contributed by atoms with Crippen LogP contribution in [0.3, 0.4) is 0 Å². The zero-order valence-electron chi connectivity index (χ0n) is 25.4. The summed E-state index contributed by atoms with van der Waals surface area (Å²) >= 11 is 0. The summed E-state index contributed by atoms with van der Waals surface area (Å²) < 4.78 is 6.17. The van der Waals surface area contributed by atoms with Crippen LogP contribution >= 0.6 is 0 Å². The average Bonchev–Trinajstić information content (AvgIpc) is 3.43. The number of anilines is 3. The van der Waals surface area contributed by atoms with Gasteiger partial charge in [0, 0.05) is 5.69 Å². The molecule has 7 aromatic carbocycles. The molecule has 3 heteroatoms. The molecule has 0 radical (unpaired) electrons. The van der Waals surface area contributed by atoms with Gasteiger partial charge in [0.05, 0.1) is 27.6 Å². The van der Waals surface area contributed by atoms with E-state index in [4.69, 9.17) is 4.42 Å². The van der Waals surface area contributed by atoms with Gasteiger partial charge in [0.2, 0.25) is 5.43 Å². The predicted molar refractivity (Wildman–Crippen MR) is 191 cm³/mol. The Bertz CT molecular complexity index is 2520. The fourth-order valence-electron chi connectivity index (χ4n) is 8.12. The first-order valence-electron chi connectivity index (χ1n) is 16.0. The third kappa shape index (κ3) is 3.48. The van der Waals surface area contributed by atoms with Crippen LogP contribution in [0.15, 0.2) is 173 Å². The van der Waals surface area contributed by atoms with Gasteiger partial charge in [-0.05, 0) is 93.0 Å². The van der Waals surface area contributed by atoms with Crippen molar-refractivity contribution in [3.05, 3.63) is 196 Å². The van der Waals surface area contributed by atoms with Crippen molar-refractivity contribution in [2.24, 2.45) is 0 Å². The maximum absolute atomic E-state index is 13.1. The van der Waals surface area contributed by atoms with E-state index in [1.807, 2.05) is 42.5 Å². The quantitative estimate of drug-likeness (QED) is 0.185. The van der Waals surface area contributed by atoms with Crippen LogP contribution in [0, 0.1) is 0 Å². The zero-order chi connectivity index (χ0) is 31.1. The highest BCUT2D eigenvalue weighted by Gasteiger charge is 2.51. The molecule has 1 aromatic heterocycles. The first-order chi connectivity index (χ1) is 23.2. The molecule has 0 atom stereocenters. The number of benzene rings is 7. The van der Waals surface area contributed by atoms with Crippen LogP contribution in [0.4, 0.5) is 17.1 Å². The molecule has 1 spiro atoms. The van der Waals surface area contributed by atoms with Gasteiger partial charge in [-0.2, -0.15) is 0 Å². The van der Waals surface area contributed by atoms with Crippen molar-refractivity contribution in [3.8, 4) is 22.3 Å². The maximum atomic E-state index is 13.1. The Morgan fingerprint density at radius 3 is 1.62 bits per heavy atom. The Balaban J connectivity index is 1.14. The molecule has 47 heavy (non-hydrogen) atoms. The third-order valence-corrected chi connectivity index (χ3v) is 10.1. The lowest BCUT2D eigenvalue weighted by Crippen LogP contribution is -2.36. The second-order valence-electron chi connectivity index (χ2n) is 12.4. The molecule has 0 saturated carbocycles. The number of hydrogen-bond acceptors (Lipinski definition) is 3. The Morgan fingerprint density at radius 2 is 0.957 bits per heavy atom. The largest absolute Gasteiger partial charge is 0.456 e. The van der Waals surface area contributed by atoms with Gasteiger partial charge in [-0.1, -0.05) is 115 Å². The van der Waals surface area contributed by atoms with Crippen LogP contribution in [0.25, 0.3) is 44.2 Å². The number of rotatable bonds is 2. The van der Waals surface area contributed by atoms with E-state index in [1.165, 1.54) is 44.8 Å². The lowest BCUT2D eigenvalue weighted by molar-refractivity contribution is 0.660. The van der Waals surface area contributed by atoms with Gasteiger partial charge < -0.3 is 9.32 Å². The first kappa shape index (κ1) is 26.1. The van der Waals surface area contributed by atoms with Crippen LogP contribution in [0.2, 0.25) is 0 Å². The third-order valence-electron chi connectivity index (χ3n) is 10.1. The fraction of sp³-hybridized carbons (Fsp3) is 0.0227. The van der Waals surface area contributed by atoms with Crippen molar-refractivity contribution in [2.45, 2.75) is 5.41 Å². The fourth-order valence-corrected chi connectivity index (χ4v) is 8.12. The molecule has 10 rings (SSSR count). The molecule has 220 valence electrons. The van der Waals surface area contributed by atoms with Crippen LogP contribution in [-0.4, -0.2) is 0 Å². The SMILES string of the molecule is O=c1c2ccccc2oc2cc(-c3ccc(N4c5ccccc5C5(c6ccccc6-c6ccccc65)c5ccccc54)cc3)ccc12. The summed E-state index contributed by atoms with van der Waals surface area (Å²) in [5.41, 5.74) is 14.0. The van der Waals surface area contributed by atoms with E-state index in [0.29, 0.717) is 21.9 Å². The van der Waals surface area contributed by atoms with E-state index in [0.717, 1.165) is 16.8 Å². The number of para-hydroxylation sites is 3. The van der Waals surface area contributed by atoms with E-state index in [-0.39, 0.29) is 5.43 Å². The molecular formula is C44H27NO2. The van der Waals surface area contributed by atoms with Gasteiger partial charge in [0.1, 0.15) is 11.2 Å².